The molecule has 0 amide bonds. The molecule has 2 aromatic rings. The van der Waals surface area contributed by atoms with Gasteiger partial charge in [-0.3, -0.25) is 0 Å². The fourth-order valence-corrected chi connectivity index (χ4v) is 6.65. The summed E-state index contributed by atoms with van der Waals surface area (Å²) in [7, 11) is 0. The molecule has 0 saturated carbocycles. The second-order valence-electron chi connectivity index (χ2n) is 8.07. The fourth-order valence-electron chi connectivity index (χ4n) is 4.94. The van der Waals surface area contributed by atoms with E-state index in [0.717, 1.165) is 37.8 Å². The van der Waals surface area contributed by atoms with Crippen molar-refractivity contribution in [2.45, 2.75) is 49.4 Å². The highest BCUT2D eigenvalue weighted by atomic mass is 32.2. The van der Waals surface area contributed by atoms with Gasteiger partial charge in [-0.15, -0.1) is 0 Å². The summed E-state index contributed by atoms with van der Waals surface area (Å²) in [4.78, 5) is 4.28. The molecule has 0 aromatic heterocycles. The van der Waals surface area contributed by atoms with Crippen molar-refractivity contribution < 1.29 is 4.74 Å². The highest BCUT2D eigenvalue weighted by Crippen LogP contribution is 2.55. The molecule has 3 aliphatic heterocycles. The van der Waals surface area contributed by atoms with E-state index in [0.29, 0.717) is 11.4 Å². The number of rotatable bonds is 2. The molecule has 1 unspecified atom stereocenters. The van der Waals surface area contributed by atoms with Gasteiger partial charge >= 0.3 is 0 Å². The molecule has 2 atom stereocenters. The summed E-state index contributed by atoms with van der Waals surface area (Å²) in [6, 6.07) is 13.7. The Morgan fingerprint density at radius 3 is 2.63 bits per heavy atom. The van der Waals surface area contributed by atoms with Gasteiger partial charge in [0.05, 0.1) is 23.7 Å². The minimum Gasteiger partial charge on any atom is -0.493 e. The van der Waals surface area contributed by atoms with Crippen molar-refractivity contribution in [2.75, 3.05) is 24.6 Å². The zero-order valence-electron chi connectivity index (χ0n) is 16.2. The Morgan fingerprint density at radius 1 is 1.00 bits per heavy atom. The quantitative estimate of drug-likeness (QED) is 0.787. The third-order valence-electron chi connectivity index (χ3n) is 6.35. The third-order valence-corrected chi connectivity index (χ3v) is 7.96. The second kappa shape index (κ2) is 7.06. The maximum absolute atomic E-state index is 5.99. The topological polar surface area (TPSA) is 24.5 Å². The van der Waals surface area contributed by atoms with Crippen LogP contribution in [0, 0.1) is 19.8 Å². The van der Waals surface area contributed by atoms with E-state index in [1.165, 1.54) is 40.1 Å². The highest BCUT2D eigenvalue weighted by Gasteiger charge is 2.43. The van der Waals surface area contributed by atoms with Gasteiger partial charge in [0.15, 0.2) is 0 Å². The number of fused-ring (bicyclic) bond motifs is 2. The molecular formula is C23H28N2OS. The zero-order valence-corrected chi connectivity index (χ0v) is 17.0. The number of hydrogen-bond donors (Lipinski definition) is 1. The largest absolute Gasteiger partial charge is 0.493 e. The molecule has 27 heavy (non-hydrogen) atoms. The van der Waals surface area contributed by atoms with Crippen LogP contribution in [-0.2, 0) is 0 Å². The molecule has 0 radical (unpaired) electrons. The Kier molecular flexibility index (Phi) is 4.57. The summed E-state index contributed by atoms with van der Waals surface area (Å²) in [6.07, 6.45) is 3.60. The number of aryl methyl sites for hydroxylation is 2. The lowest BCUT2D eigenvalue weighted by Crippen LogP contribution is -2.44. The summed E-state index contributed by atoms with van der Waals surface area (Å²) in [5.41, 5.74) is 5.66. The Balaban J connectivity index is 1.62. The van der Waals surface area contributed by atoms with Crippen LogP contribution in [0.25, 0.3) is 0 Å². The summed E-state index contributed by atoms with van der Waals surface area (Å²) in [6.45, 7) is 7.65. The maximum Gasteiger partial charge on any atom is 0.124 e. The highest BCUT2D eigenvalue weighted by molar-refractivity contribution is 8.00. The van der Waals surface area contributed by atoms with Crippen LogP contribution in [-0.4, -0.2) is 25.1 Å². The summed E-state index contributed by atoms with van der Waals surface area (Å²) in [5.74, 6) is 1.80. The van der Waals surface area contributed by atoms with E-state index >= 15 is 0 Å². The molecule has 0 spiro atoms. The molecule has 4 heteroatoms. The number of para-hydroxylation sites is 1. The molecule has 1 saturated heterocycles. The van der Waals surface area contributed by atoms with Gasteiger partial charge in [0.1, 0.15) is 5.75 Å². The summed E-state index contributed by atoms with van der Waals surface area (Å²) < 4.78 is 5.99. The molecule has 3 aliphatic rings. The van der Waals surface area contributed by atoms with Crippen LogP contribution in [0.4, 0.5) is 5.69 Å². The number of anilines is 1. The molecule has 2 aromatic carbocycles. The lowest BCUT2D eigenvalue weighted by Gasteiger charge is -2.42. The van der Waals surface area contributed by atoms with Gasteiger partial charge < -0.3 is 15.0 Å². The first-order chi connectivity index (χ1) is 13.2. The van der Waals surface area contributed by atoms with Crippen LogP contribution in [0.15, 0.2) is 41.3 Å². The van der Waals surface area contributed by atoms with Gasteiger partial charge in [-0.25, -0.2) is 0 Å². The standard InChI is InChI=1S/C23H28N2OS/c1-15-7-8-16(2)22-21(15)25(23(27-22)17-9-12-24-13-10-17)19-11-14-26-20-6-4-3-5-18(19)20/h3-8,17,19,23-24H,9-14H2,1-2H3/t19?,23-/m0/s1. The van der Waals surface area contributed by atoms with Crippen LogP contribution < -0.4 is 15.0 Å². The first-order valence-electron chi connectivity index (χ1n) is 10.2. The van der Waals surface area contributed by atoms with Crippen molar-refractivity contribution in [1.29, 1.82) is 0 Å². The van der Waals surface area contributed by atoms with E-state index < -0.39 is 0 Å². The number of ether oxygens (including phenoxy) is 1. The van der Waals surface area contributed by atoms with Gasteiger partial charge in [0.2, 0.25) is 0 Å². The number of piperidine rings is 1. The molecule has 0 aliphatic carbocycles. The smallest absolute Gasteiger partial charge is 0.124 e. The van der Waals surface area contributed by atoms with Crippen LogP contribution in [0.2, 0.25) is 0 Å². The van der Waals surface area contributed by atoms with Gasteiger partial charge in [0, 0.05) is 16.9 Å². The van der Waals surface area contributed by atoms with E-state index in [2.05, 4.69) is 72.2 Å². The Bertz CT molecular complexity index is 846. The average molecular weight is 381 g/mol. The SMILES string of the molecule is Cc1ccc(C)c2c1S[C@@H](C1CCNCC1)N2C1CCOc2ccccc21. The van der Waals surface area contributed by atoms with E-state index in [-0.39, 0.29) is 0 Å². The number of nitrogens with one attached hydrogen (secondary N) is 1. The first-order valence-corrected chi connectivity index (χ1v) is 11.1. The van der Waals surface area contributed by atoms with Crippen molar-refractivity contribution in [3.05, 3.63) is 53.1 Å². The van der Waals surface area contributed by atoms with E-state index in [9.17, 15) is 0 Å². The lowest BCUT2D eigenvalue weighted by molar-refractivity contribution is 0.255. The maximum atomic E-state index is 5.99. The van der Waals surface area contributed by atoms with Gasteiger partial charge in [-0.05, 0) is 62.9 Å². The summed E-state index contributed by atoms with van der Waals surface area (Å²) in [5, 5.41) is 4.07. The van der Waals surface area contributed by atoms with Gasteiger partial charge in [-0.1, -0.05) is 42.1 Å². The average Bonchev–Trinajstić information content (AvgIpc) is 3.13. The van der Waals surface area contributed by atoms with E-state index in [1.807, 2.05) is 0 Å². The van der Waals surface area contributed by atoms with Crippen molar-refractivity contribution in [3.63, 3.8) is 0 Å². The molecule has 0 bridgehead atoms. The molecule has 5 rings (SSSR count). The van der Waals surface area contributed by atoms with Gasteiger partial charge in [0.25, 0.3) is 0 Å². The fraction of sp³-hybridized carbons (Fsp3) is 0.478. The molecule has 1 N–H and O–H groups in total. The Morgan fingerprint density at radius 2 is 1.78 bits per heavy atom. The predicted molar refractivity (Wildman–Crippen MR) is 113 cm³/mol. The minimum atomic E-state index is 0.407. The summed E-state index contributed by atoms with van der Waals surface area (Å²) >= 11 is 2.12. The zero-order chi connectivity index (χ0) is 18.4. The van der Waals surface area contributed by atoms with E-state index in [1.54, 1.807) is 0 Å². The Hall–Kier alpha value is -1.65. The van der Waals surface area contributed by atoms with Crippen molar-refractivity contribution in [1.82, 2.24) is 5.32 Å². The Labute approximate surface area is 166 Å². The second-order valence-corrected chi connectivity index (χ2v) is 9.20. The van der Waals surface area contributed by atoms with Crippen molar-refractivity contribution in [2.24, 2.45) is 5.92 Å². The normalized spacial score (nSPS) is 25.0. The van der Waals surface area contributed by atoms with Crippen molar-refractivity contribution in [3.8, 4) is 5.75 Å². The molecule has 142 valence electrons. The molecule has 3 heterocycles. The molecule has 3 nitrogen and oxygen atoms in total. The van der Waals surface area contributed by atoms with Crippen molar-refractivity contribution >= 4 is 17.4 Å². The van der Waals surface area contributed by atoms with Crippen LogP contribution >= 0.6 is 11.8 Å². The number of benzene rings is 2. The third kappa shape index (κ3) is 2.94. The number of hydrogen-bond acceptors (Lipinski definition) is 4. The molecule has 1 fully saturated rings. The van der Waals surface area contributed by atoms with E-state index in [4.69, 9.17) is 4.74 Å². The number of thioether (sulfide) groups is 1. The monoisotopic (exact) mass is 380 g/mol. The van der Waals surface area contributed by atoms with Crippen LogP contribution in [0.1, 0.15) is 42.0 Å². The predicted octanol–water partition coefficient (Wildman–Crippen LogP) is 5.07. The lowest BCUT2D eigenvalue weighted by atomic mass is 9.92. The number of nitrogens with zero attached hydrogens (tertiary/aromatic N) is 1. The van der Waals surface area contributed by atoms with Gasteiger partial charge in [-0.2, -0.15) is 0 Å². The minimum absolute atomic E-state index is 0.407. The van der Waals surface area contributed by atoms with Crippen LogP contribution in [0.3, 0.4) is 0 Å². The molecular weight excluding hydrogens is 352 g/mol. The first kappa shape index (κ1) is 17.4. The van der Waals surface area contributed by atoms with Crippen LogP contribution in [0.5, 0.6) is 5.75 Å².